The van der Waals surface area contributed by atoms with Gasteiger partial charge in [-0.1, -0.05) is 0 Å². The Balaban J connectivity index is 3.74. The second kappa shape index (κ2) is 6.86. The van der Waals surface area contributed by atoms with Gasteiger partial charge >= 0.3 is 0 Å². The van der Waals surface area contributed by atoms with E-state index in [1.54, 1.807) is 11.9 Å². The molecule has 0 atom stereocenters. The average Bonchev–Trinajstić information content (AvgIpc) is 2.12. The van der Waals surface area contributed by atoms with Crippen LogP contribution in [0.5, 0.6) is 0 Å². The van der Waals surface area contributed by atoms with E-state index in [4.69, 9.17) is 10.5 Å². The van der Waals surface area contributed by atoms with Crippen molar-refractivity contribution in [1.82, 2.24) is 4.90 Å². The van der Waals surface area contributed by atoms with Crippen molar-refractivity contribution in [2.24, 2.45) is 5.73 Å². The molecule has 0 aliphatic carbocycles. The molecule has 0 aromatic rings. The van der Waals surface area contributed by atoms with Crippen LogP contribution in [0.1, 0.15) is 40.5 Å². The lowest BCUT2D eigenvalue weighted by Gasteiger charge is -2.21. The molecule has 0 aromatic heterocycles. The van der Waals surface area contributed by atoms with Gasteiger partial charge in [0.15, 0.2) is 0 Å². The molecule has 0 rings (SSSR count). The summed E-state index contributed by atoms with van der Waals surface area (Å²) >= 11 is 0. The van der Waals surface area contributed by atoms with Crippen molar-refractivity contribution < 1.29 is 9.53 Å². The van der Waals surface area contributed by atoms with Crippen LogP contribution in [0, 0.1) is 0 Å². The Bertz CT molecular complexity index is 210. The van der Waals surface area contributed by atoms with E-state index in [9.17, 15) is 4.79 Å². The minimum atomic E-state index is -0.273. The highest BCUT2D eigenvalue weighted by Crippen LogP contribution is 2.08. The van der Waals surface area contributed by atoms with Gasteiger partial charge in [0, 0.05) is 25.6 Å². The number of rotatable bonds is 7. The van der Waals surface area contributed by atoms with E-state index in [-0.39, 0.29) is 17.6 Å². The van der Waals surface area contributed by atoms with E-state index in [0.29, 0.717) is 26.0 Å². The number of carbonyl (C=O) groups excluding carboxylic acids is 1. The molecular formula is C12H26N2O2. The van der Waals surface area contributed by atoms with Crippen molar-refractivity contribution in [3.05, 3.63) is 0 Å². The quantitative estimate of drug-likeness (QED) is 0.719. The fraction of sp³-hybridized carbons (Fsp3) is 0.917. The highest BCUT2D eigenvalue weighted by Gasteiger charge is 2.15. The molecule has 96 valence electrons. The maximum Gasteiger partial charge on any atom is 0.222 e. The van der Waals surface area contributed by atoms with E-state index >= 15 is 0 Å². The molecule has 0 spiro atoms. The van der Waals surface area contributed by atoms with Crippen LogP contribution >= 0.6 is 0 Å². The van der Waals surface area contributed by atoms with Crippen LogP contribution in [-0.4, -0.2) is 42.6 Å². The average molecular weight is 230 g/mol. The molecule has 0 saturated carbocycles. The monoisotopic (exact) mass is 230 g/mol. The van der Waals surface area contributed by atoms with Crippen LogP contribution in [0.15, 0.2) is 0 Å². The molecule has 0 saturated heterocycles. The lowest BCUT2D eigenvalue weighted by molar-refractivity contribution is -0.131. The molecule has 4 nitrogen and oxygen atoms in total. The van der Waals surface area contributed by atoms with E-state index < -0.39 is 0 Å². The smallest absolute Gasteiger partial charge is 0.222 e. The number of nitrogens with zero attached hydrogens (tertiary/aromatic N) is 1. The normalized spacial score (nSPS) is 11.9. The molecule has 0 heterocycles. The summed E-state index contributed by atoms with van der Waals surface area (Å²) in [5.41, 5.74) is 5.56. The van der Waals surface area contributed by atoms with Crippen molar-refractivity contribution >= 4 is 5.91 Å². The Hall–Kier alpha value is -0.610. The van der Waals surface area contributed by atoms with Crippen LogP contribution < -0.4 is 5.73 Å². The fourth-order valence-electron chi connectivity index (χ4n) is 1.17. The van der Waals surface area contributed by atoms with Crippen molar-refractivity contribution in [2.45, 2.75) is 52.2 Å². The van der Waals surface area contributed by atoms with Gasteiger partial charge in [-0.25, -0.2) is 0 Å². The van der Waals surface area contributed by atoms with Gasteiger partial charge < -0.3 is 15.4 Å². The SMILES string of the molecule is CC(C)OCCN(C)C(=O)CCC(C)(C)N. The predicted octanol–water partition coefficient (Wildman–Crippen LogP) is 1.39. The standard InChI is InChI=1S/C12H26N2O2/c1-10(2)16-9-8-14(5)11(15)6-7-12(3,4)13/h10H,6-9,13H2,1-5H3. The highest BCUT2D eigenvalue weighted by molar-refractivity contribution is 5.75. The first-order valence-electron chi connectivity index (χ1n) is 5.87. The van der Waals surface area contributed by atoms with Crippen LogP contribution in [0.2, 0.25) is 0 Å². The second-order valence-corrected chi connectivity index (χ2v) is 5.22. The summed E-state index contributed by atoms with van der Waals surface area (Å²) < 4.78 is 5.39. The molecule has 16 heavy (non-hydrogen) atoms. The van der Waals surface area contributed by atoms with Gasteiger partial charge in [-0.15, -0.1) is 0 Å². The van der Waals surface area contributed by atoms with Crippen molar-refractivity contribution in [3.8, 4) is 0 Å². The number of nitrogens with two attached hydrogens (primary N) is 1. The molecule has 4 heteroatoms. The number of hydrogen-bond acceptors (Lipinski definition) is 3. The largest absolute Gasteiger partial charge is 0.377 e. The highest BCUT2D eigenvalue weighted by atomic mass is 16.5. The number of hydrogen-bond donors (Lipinski definition) is 1. The summed E-state index contributed by atoms with van der Waals surface area (Å²) in [7, 11) is 1.80. The number of amides is 1. The van der Waals surface area contributed by atoms with Crippen molar-refractivity contribution in [2.75, 3.05) is 20.2 Å². The van der Waals surface area contributed by atoms with Crippen molar-refractivity contribution in [1.29, 1.82) is 0 Å². The molecule has 0 radical (unpaired) electrons. The lowest BCUT2D eigenvalue weighted by Crippen LogP contribution is -2.36. The van der Waals surface area contributed by atoms with E-state index in [2.05, 4.69) is 0 Å². The summed E-state index contributed by atoms with van der Waals surface area (Å²) in [6.45, 7) is 9.07. The summed E-state index contributed by atoms with van der Waals surface area (Å²) in [6, 6.07) is 0. The molecule has 0 bridgehead atoms. The Morgan fingerprint density at radius 1 is 1.44 bits per heavy atom. The van der Waals surface area contributed by atoms with Crippen LogP contribution in [0.3, 0.4) is 0 Å². The molecule has 0 aromatic carbocycles. The van der Waals surface area contributed by atoms with Crippen LogP contribution in [0.25, 0.3) is 0 Å². The third kappa shape index (κ3) is 8.68. The third-order valence-electron chi connectivity index (χ3n) is 2.29. The van der Waals surface area contributed by atoms with Gasteiger partial charge in [-0.3, -0.25) is 4.79 Å². The summed E-state index contributed by atoms with van der Waals surface area (Å²) in [5.74, 6) is 0.130. The zero-order valence-electron chi connectivity index (χ0n) is 11.2. The zero-order valence-corrected chi connectivity index (χ0v) is 11.2. The van der Waals surface area contributed by atoms with E-state index in [1.165, 1.54) is 0 Å². The molecule has 0 aliphatic heterocycles. The zero-order chi connectivity index (χ0) is 12.8. The topological polar surface area (TPSA) is 55.6 Å². The Morgan fingerprint density at radius 3 is 2.44 bits per heavy atom. The Kier molecular flexibility index (Phi) is 6.60. The summed E-state index contributed by atoms with van der Waals surface area (Å²) in [4.78, 5) is 13.4. The van der Waals surface area contributed by atoms with Gasteiger partial charge in [0.1, 0.15) is 0 Å². The molecule has 0 fully saturated rings. The first-order valence-corrected chi connectivity index (χ1v) is 5.87. The van der Waals surface area contributed by atoms with Gasteiger partial charge in [0.05, 0.1) is 12.7 Å². The molecule has 0 aliphatic rings. The lowest BCUT2D eigenvalue weighted by atomic mass is 10.00. The van der Waals surface area contributed by atoms with Gasteiger partial charge in [0.2, 0.25) is 5.91 Å². The molecule has 2 N–H and O–H groups in total. The number of likely N-dealkylation sites (N-methyl/N-ethyl adjacent to an activating group) is 1. The number of ether oxygens (including phenoxy) is 1. The number of carbonyl (C=O) groups is 1. The first kappa shape index (κ1) is 15.4. The van der Waals surface area contributed by atoms with Crippen molar-refractivity contribution in [3.63, 3.8) is 0 Å². The minimum Gasteiger partial charge on any atom is -0.377 e. The van der Waals surface area contributed by atoms with Crippen LogP contribution in [-0.2, 0) is 9.53 Å². The van der Waals surface area contributed by atoms with Crippen LogP contribution in [0.4, 0.5) is 0 Å². The first-order chi connectivity index (χ1) is 7.22. The molecular weight excluding hydrogens is 204 g/mol. The maximum atomic E-state index is 11.7. The van der Waals surface area contributed by atoms with Gasteiger partial charge in [-0.2, -0.15) is 0 Å². The second-order valence-electron chi connectivity index (χ2n) is 5.22. The third-order valence-corrected chi connectivity index (χ3v) is 2.29. The Morgan fingerprint density at radius 2 is 2.00 bits per heavy atom. The van der Waals surface area contributed by atoms with Gasteiger partial charge in [0.25, 0.3) is 0 Å². The summed E-state index contributed by atoms with van der Waals surface area (Å²) in [5, 5.41) is 0. The predicted molar refractivity (Wildman–Crippen MR) is 66.2 cm³/mol. The minimum absolute atomic E-state index is 0.130. The van der Waals surface area contributed by atoms with E-state index in [1.807, 2.05) is 27.7 Å². The van der Waals surface area contributed by atoms with Gasteiger partial charge in [-0.05, 0) is 34.1 Å². The van der Waals surface area contributed by atoms with E-state index in [0.717, 1.165) is 0 Å². The maximum absolute atomic E-state index is 11.7. The molecule has 0 unspecified atom stereocenters. The summed E-state index contributed by atoms with van der Waals surface area (Å²) in [6.07, 6.45) is 1.43. The Labute approximate surface area is 99.1 Å². The fourth-order valence-corrected chi connectivity index (χ4v) is 1.17. The molecule has 1 amide bonds.